The summed E-state index contributed by atoms with van der Waals surface area (Å²) in [6, 6.07) is 22.1. The van der Waals surface area contributed by atoms with Crippen LogP contribution in [0.3, 0.4) is 0 Å². The van der Waals surface area contributed by atoms with E-state index < -0.39 is 35.4 Å². The number of methoxy groups -OCH3 is 1. The maximum Gasteiger partial charge on any atom is 0.337 e. The topological polar surface area (TPSA) is 129 Å². The lowest BCUT2D eigenvalue weighted by atomic mass is 9.91. The second-order valence-corrected chi connectivity index (χ2v) is 13.2. The van der Waals surface area contributed by atoms with Crippen LogP contribution in [0.15, 0.2) is 97.6 Å². The van der Waals surface area contributed by atoms with Gasteiger partial charge in [-0.15, -0.1) is 0 Å². The molecule has 0 aliphatic heterocycles. The fraction of sp³-hybridized carbons (Fsp3) is 0.256. The minimum atomic E-state index is -2.09. The first-order chi connectivity index (χ1) is 24.0. The predicted octanol–water partition coefficient (Wildman–Crippen LogP) is 6.15. The fourth-order valence-corrected chi connectivity index (χ4v) is 6.48. The van der Waals surface area contributed by atoms with Gasteiger partial charge < -0.3 is 23.3 Å². The van der Waals surface area contributed by atoms with E-state index in [4.69, 9.17) is 13.7 Å². The van der Waals surface area contributed by atoms with Crippen LogP contribution in [-0.4, -0.2) is 50.1 Å². The van der Waals surface area contributed by atoms with E-state index in [9.17, 15) is 18.9 Å². The van der Waals surface area contributed by atoms with Gasteiger partial charge in [0.2, 0.25) is 0 Å². The number of phenols is 1. The third-order valence-electron chi connectivity index (χ3n) is 8.51. The number of imidazole rings is 1. The number of aromatic hydroxyl groups is 1. The molecule has 50 heavy (non-hydrogen) atoms. The van der Waals surface area contributed by atoms with Crippen molar-refractivity contribution in [1.82, 2.24) is 14.3 Å². The van der Waals surface area contributed by atoms with Crippen molar-refractivity contribution in [3.8, 4) is 17.2 Å². The molecule has 0 bridgehead atoms. The zero-order valence-corrected chi connectivity index (χ0v) is 29.5. The van der Waals surface area contributed by atoms with Gasteiger partial charge in [0.15, 0.2) is 0 Å². The average molecular weight is 696 g/mol. The van der Waals surface area contributed by atoms with Crippen LogP contribution >= 0.6 is 0 Å². The van der Waals surface area contributed by atoms with Gasteiger partial charge in [-0.05, 0) is 116 Å². The maximum atomic E-state index is 14.1. The molecule has 2 N–H and O–H groups in total. The van der Waals surface area contributed by atoms with E-state index in [0.717, 1.165) is 44.6 Å². The standard InChI is InChI=1S/C39H41N3O7S/c1-25-6-14-34(15-7-25)49-50(46)41-37(20-29-9-12-33(43)13-10-29)39(45)48-35(23-36-27(3)18-31(19-28(36)4)38(44)47-5)22-30-21-32(11-8-26(30)2)42-17-16-40-24-42/h6-19,21,24,35,37,41,43H,20,22-23H2,1-5H3. The van der Waals surface area contributed by atoms with Crippen LogP contribution in [0.5, 0.6) is 11.5 Å². The van der Waals surface area contributed by atoms with Gasteiger partial charge in [0.1, 0.15) is 23.6 Å². The van der Waals surface area contributed by atoms with Crippen molar-refractivity contribution in [3.63, 3.8) is 0 Å². The summed E-state index contributed by atoms with van der Waals surface area (Å²) >= 11 is -2.09. The Labute approximate surface area is 294 Å². The Morgan fingerprint density at radius 1 is 0.880 bits per heavy atom. The molecule has 1 aromatic heterocycles. The Bertz CT molecular complexity index is 1940. The Morgan fingerprint density at radius 2 is 1.58 bits per heavy atom. The number of hydrogen-bond donors (Lipinski definition) is 2. The highest BCUT2D eigenvalue weighted by Crippen LogP contribution is 2.25. The van der Waals surface area contributed by atoms with Crippen LogP contribution in [0.25, 0.3) is 5.69 Å². The molecule has 3 unspecified atom stereocenters. The summed E-state index contributed by atoms with van der Waals surface area (Å²) < 4.78 is 34.8. The van der Waals surface area contributed by atoms with E-state index in [1.807, 2.05) is 62.7 Å². The lowest BCUT2D eigenvalue weighted by Gasteiger charge is -2.25. The number of aromatic nitrogens is 2. The molecule has 1 heterocycles. The van der Waals surface area contributed by atoms with Crippen molar-refractivity contribution in [2.75, 3.05) is 7.11 Å². The number of phenolic OH excluding ortho intramolecular Hbond substituents is 1. The molecule has 260 valence electrons. The van der Waals surface area contributed by atoms with Gasteiger partial charge in [0.25, 0.3) is 11.3 Å². The van der Waals surface area contributed by atoms with E-state index >= 15 is 0 Å². The van der Waals surface area contributed by atoms with Crippen molar-refractivity contribution >= 4 is 23.2 Å². The Kier molecular flexibility index (Phi) is 11.8. The number of ether oxygens (including phenoxy) is 2. The van der Waals surface area contributed by atoms with Crippen LogP contribution < -0.4 is 8.91 Å². The number of esters is 2. The molecule has 0 aliphatic carbocycles. The molecule has 0 fully saturated rings. The van der Waals surface area contributed by atoms with Crippen LogP contribution in [0.1, 0.15) is 49.3 Å². The zero-order chi connectivity index (χ0) is 35.8. The minimum absolute atomic E-state index is 0.0874. The molecule has 10 nitrogen and oxygen atoms in total. The number of carbonyl (C=O) groups excluding carboxylic acids is 2. The summed E-state index contributed by atoms with van der Waals surface area (Å²) in [4.78, 5) is 30.6. The smallest absolute Gasteiger partial charge is 0.337 e. The van der Waals surface area contributed by atoms with Gasteiger partial charge in [-0.25, -0.2) is 9.78 Å². The first-order valence-electron chi connectivity index (χ1n) is 16.2. The highest BCUT2D eigenvalue weighted by molar-refractivity contribution is 7.78. The van der Waals surface area contributed by atoms with Crippen molar-refractivity contribution < 1.29 is 32.6 Å². The number of carbonyl (C=O) groups is 2. The summed E-state index contributed by atoms with van der Waals surface area (Å²) in [5.41, 5.74) is 7.76. The fourth-order valence-electron chi connectivity index (χ4n) is 5.74. The third-order valence-corrected chi connectivity index (χ3v) is 9.33. The van der Waals surface area contributed by atoms with Gasteiger partial charge in [0.05, 0.1) is 19.0 Å². The number of aryl methyl sites for hydroxylation is 4. The number of nitrogens with zero attached hydrogens (tertiary/aromatic N) is 2. The van der Waals surface area contributed by atoms with Crippen molar-refractivity contribution in [2.45, 2.75) is 59.1 Å². The molecule has 3 atom stereocenters. The SMILES string of the molecule is COC(=O)c1cc(C)c(CC(Cc2cc(-n3ccnc3)ccc2C)OC(=O)C(Cc2ccc(O)cc2)NS(=O)Oc2ccc(C)cc2)c(C)c1. The van der Waals surface area contributed by atoms with Crippen LogP contribution in [0.4, 0.5) is 0 Å². The quantitative estimate of drug-likeness (QED) is 0.132. The second kappa shape index (κ2) is 16.4. The maximum absolute atomic E-state index is 14.1. The molecule has 0 saturated heterocycles. The minimum Gasteiger partial charge on any atom is -0.508 e. The van der Waals surface area contributed by atoms with Gasteiger partial charge in [-0.1, -0.05) is 35.9 Å². The first kappa shape index (κ1) is 36.0. The Morgan fingerprint density at radius 3 is 2.22 bits per heavy atom. The summed E-state index contributed by atoms with van der Waals surface area (Å²) in [5.74, 6) is -0.578. The number of hydrogen-bond acceptors (Lipinski definition) is 8. The molecular formula is C39H41N3O7S. The molecule has 5 aromatic rings. The van der Waals surface area contributed by atoms with Crippen molar-refractivity contribution in [2.24, 2.45) is 0 Å². The highest BCUT2D eigenvalue weighted by Gasteiger charge is 2.28. The van der Waals surface area contributed by atoms with Crippen LogP contribution in [-0.2, 0) is 44.8 Å². The first-order valence-corrected chi connectivity index (χ1v) is 17.2. The molecule has 0 saturated carbocycles. The lowest BCUT2D eigenvalue weighted by Crippen LogP contribution is -2.44. The summed E-state index contributed by atoms with van der Waals surface area (Å²) in [6.07, 6.45) is 5.51. The molecule has 0 spiro atoms. The van der Waals surface area contributed by atoms with E-state index in [2.05, 4.69) is 15.8 Å². The Balaban J connectivity index is 1.46. The summed E-state index contributed by atoms with van der Waals surface area (Å²) in [5, 5.41) is 9.83. The van der Waals surface area contributed by atoms with Gasteiger partial charge in [-0.2, -0.15) is 8.93 Å². The Hall–Kier alpha value is -5.26. The monoisotopic (exact) mass is 695 g/mol. The molecule has 0 radical (unpaired) electrons. The highest BCUT2D eigenvalue weighted by atomic mass is 32.2. The number of rotatable bonds is 14. The van der Waals surface area contributed by atoms with Crippen molar-refractivity contribution in [1.29, 1.82) is 0 Å². The third kappa shape index (κ3) is 9.46. The predicted molar refractivity (Wildman–Crippen MR) is 192 cm³/mol. The molecule has 5 rings (SSSR count). The molecule has 4 aromatic carbocycles. The summed E-state index contributed by atoms with van der Waals surface area (Å²) in [7, 11) is 1.35. The number of benzene rings is 4. The van der Waals surface area contributed by atoms with E-state index in [1.54, 1.807) is 48.9 Å². The van der Waals surface area contributed by atoms with Gasteiger partial charge in [0, 0.05) is 30.9 Å². The zero-order valence-electron chi connectivity index (χ0n) is 28.7. The van der Waals surface area contributed by atoms with Gasteiger partial charge in [-0.3, -0.25) is 4.79 Å². The largest absolute Gasteiger partial charge is 0.508 e. The normalized spacial score (nSPS) is 12.9. The average Bonchev–Trinajstić information content (AvgIpc) is 3.64. The van der Waals surface area contributed by atoms with Gasteiger partial charge >= 0.3 is 11.9 Å². The molecule has 0 aliphatic rings. The van der Waals surface area contributed by atoms with Crippen LogP contribution in [0.2, 0.25) is 0 Å². The van der Waals surface area contributed by atoms with Crippen molar-refractivity contribution in [3.05, 3.63) is 142 Å². The number of nitrogens with one attached hydrogen (secondary N) is 1. The second-order valence-electron chi connectivity index (χ2n) is 12.3. The lowest BCUT2D eigenvalue weighted by molar-refractivity contribution is -0.151. The molecule has 0 amide bonds. The van der Waals surface area contributed by atoms with E-state index in [-0.39, 0.29) is 12.2 Å². The summed E-state index contributed by atoms with van der Waals surface area (Å²) in [6.45, 7) is 7.78. The van der Waals surface area contributed by atoms with E-state index in [1.165, 1.54) is 19.2 Å². The molecule has 11 heteroatoms. The van der Waals surface area contributed by atoms with E-state index in [0.29, 0.717) is 24.2 Å². The van der Waals surface area contributed by atoms with Crippen LogP contribution in [0, 0.1) is 27.7 Å². The molecular weight excluding hydrogens is 655 g/mol.